The number of fused-ring (bicyclic) bond motifs is 2. The smallest absolute Gasteiger partial charge is 0.0131 e. The van der Waals surface area contributed by atoms with E-state index in [-0.39, 0.29) is 0 Å². The molecule has 0 nitrogen and oxygen atoms in total. The topological polar surface area (TPSA) is 0 Å². The van der Waals surface area contributed by atoms with Crippen LogP contribution in [0.4, 0.5) is 0 Å². The molecular formula is C13H18. The summed E-state index contributed by atoms with van der Waals surface area (Å²) in [4.78, 5) is 0. The molecule has 70 valence electrons. The molecule has 0 N–H and O–H groups in total. The third kappa shape index (κ3) is 1.04. The average molecular weight is 174 g/mol. The van der Waals surface area contributed by atoms with Crippen LogP contribution in [-0.2, 0) is 0 Å². The molecular weight excluding hydrogens is 156 g/mol. The molecule has 0 aromatic rings. The Morgan fingerprint density at radius 3 is 2.62 bits per heavy atom. The van der Waals surface area contributed by atoms with Crippen LogP contribution in [0.5, 0.6) is 0 Å². The molecule has 0 unspecified atom stereocenters. The second-order valence-electron chi connectivity index (χ2n) is 5.03. The van der Waals surface area contributed by atoms with Gasteiger partial charge in [0.05, 0.1) is 0 Å². The Morgan fingerprint density at radius 2 is 1.85 bits per heavy atom. The summed E-state index contributed by atoms with van der Waals surface area (Å²) >= 11 is 0. The van der Waals surface area contributed by atoms with E-state index in [1.165, 1.54) is 32.1 Å². The molecule has 0 spiro atoms. The lowest BCUT2D eigenvalue weighted by Crippen LogP contribution is -2.31. The van der Waals surface area contributed by atoms with Gasteiger partial charge >= 0.3 is 0 Å². The number of rotatable bonds is 0. The van der Waals surface area contributed by atoms with E-state index in [1.54, 1.807) is 11.1 Å². The molecule has 0 amide bonds. The fraction of sp³-hybridized carbons (Fsp3) is 0.692. The maximum Gasteiger partial charge on any atom is -0.0131 e. The molecule has 13 heavy (non-hydrogen) atoms. The van der Waals surface area contributed by atoms with Crippen molar-refractivity contribution in [1.29, 1.82) is 0 Å². The molecule has 1 fully saturated rings. The Balaban J connectivity index is 1.91. The van der Waals surface area contributed by atoms with Gasteiger partial charge < -0.3 is 0 Å². The van der Waals surface area contributed by atoms with Crippen LogP contribution in [0.2, 0.25) is 0 Å². The summed E-state index contributed by atoms with van der Waals surface area (Å²) in [5.74, 6) is 2.86. The number of hydrogen-bond acceptors (Lipinski definition) is 0. The predicted molar refractivity (Wildman–Crippen MR) is 55.4 cm³/mol. The lowest BCUT2D eigenvalue weighted by atomic mass is 9.62. The number of allylic oxidation sites excluding steroid dienone is 4. The first-order valence-corrected chi connectivity index (χ1v) is 5.78. The Hall–Kier alpha value is -0.520. The van der Waals surface area contributed by atoms with Gasteiger partial charge in [0.2, 0.25) is 0 Å². The highest BCUT2D eigenvalue weighted by Gasteiger charge is 2.36. The molecule has 0 bridgehead atoms. The molecule has 0 radical (unpaired) electrons. The lowest BCUT2D eigenvalue weighted by molar-refractivity contribution is 0.220. The Kier molecular flexibility index (Phi) is 1.65. The van der Waals surface area contributed by atoms with Crippen LogP contribution in [0.3, 0.4) is 0 Å². The van der Waals surface area contributed by atoms with E-state index >= 15 is 0 Å². The van der Waals surface area contributed by atoms with Gasteiger partial charge in [-0.3, -0.25) is 0 Å². The number of hydrogen-bond donors (Lipinski definition) is 0. The summed E-state index contributed by atoms with van der Waals surface area (Å²) < 4.78 is 0. The fourth-order valence-electron chi connectivity index (χ4n) is 3.54. The van der Waals surface area contributed by atoms with Gasteiger partial charge in [-0.05, 0) is 48.2 Å². The Bertz CT molecular complexity index is 282. The van der Waals surface area contributed by atoms with Crippen molar-refractivity contribution >= 4 is 0 Å². The van der Waals surface area contributed by atoms with Gasteiger partial charge in [0.25, 0.3) is 0 Å². The quantitative estimate of drug-likeness (QED) is 0.525. The average Bonchev–Trinajstić information content (AvgIpc) is 2.04. The van der Waals surface area contributed by atoms with Crippen molar-refractivity contribution < 1.29 is 0 Å². The summed E-state index contributed by atoms with van der Waals surface area (Å²) in [5.41, 5.74) is 3.44. The SMILES string of the molecule is C[C@@H]1C[C@@H]2CCCC[C@@H]2C2=C1C=C2. The predicted octanol–water partition coefficient (Wildman–Crippen LogP) is 3.70. The van der Waals surface area contributed by atoms with E-state index in [0.717, 1.165) is 17.8 Å². The highest BCUT2D eigenvalue weighted by atomic mass is 14.4. The molecule has 3 aliphatic carbocycles. The molecule has 0 saturated heterocycles. The van der Waals surface area contributed by atoms with Crippen molar-refractivity contribution in [3.05, 3.63) is 23.3 Å². The van der Waals surface area contributed by atoms with Crippen molar-refractivity contribution in [2.24, 2.45) is 17.8 Å². The zero-order valence-electron chi connectivity index (χ0n) is 8.42. The summed E-state index contributed by atoms with van der Waals surface area (Å²) in [6, 6.07) is 0. The zero-order valence-corrected chi connectivity index (χ0v) is 8.42. The molecule has 0 aromatic heterocycles. The van der Waals surface area contributed by atoms with Crippen LogP contribution in [0.25, 0.3) is 0 Å². The summed E-state index contributed by atoms with van der Waals surface area (Å²) in [5, 5.41) is 0. The van der Waals surface area contributed by atoms with E-state index in [4.69, 9.17) is 0 Å². The van der Waals surface area contributed by atoms with Crippen LogP contribution in [0, 0.1) is 17.8 Å². The second-order valence-corrected chi connectivity index (χ2v) is 5.03. The van der Waals surface area contributed by atoms with Crippen molar-refractivity contribution in [3.8, 4) is 0 Å². The first kappa shape index (κ1) is 7.84. The van der Waals surface area contributed by atoms with Crippen LogP contribution < -0.4 is 0 Å². The van der Waals surface area contributed by atoms with Crippen LogP contribution in [0.15, 0.2) is 23.3 Å². The molecule has 0 aliphatic heterocycles. The third-order valence-electron chi connectivity index (χ3n) is 4.27. The minimum absolute atomic E-state index is 0.861. The second kappa shape index (κ2) is 2.73. The minimum atomic E-state index is 0.861. The molecule has 0 heterocycles. The molecule has 0 heteroatoms. The normalized spacial score (nSPS) is 42.4. The van der Waals surface area contributed by atoms with Crippen LogP contribution in [0.1, 0.15) is 39.0 Å². The van der Waals surface area contributed by atoms with Crippen molar-refractivity contribution in [3.63, 3.8) is 0 Å². The third-order valence-corrected chi connectivity index (χ3v) is 4.27. The minimum Gasteiger partial charge on any atom is -0.0584 e. The summed E-state index contributed by atoms with van der Waals surface area (Å²) in [6.45, 7) is 2.41. The summed E-state index contributed by atoms with van der Waals surface area (Å²) in [7, 11) is 0. The Morgan fingerprint density at radius 1 is 1.08 bits per heavy atom. The fourth-order valence-corrected chi connectivity index (χ4v) is 3.54. The van der Waals surface area contributed by atoms with Gasteiger partial charge in [0.1, 0.15) is 0 Å². The molecule has 1 saturated carbocycles. The standard InChI is InChI=1S/C13H18/c1-9-8-10-4-2-3-5-12(10)13-7-6-11(9)13/h6-7,9-10,12H,2-5,8H2,1H3/t9-,10+,12+/m1/s1. The van der Waals surface area contributed by atoms with E-state index in [9.17, 15) is 0 Å². The van der Waals surface area contributed by atoms with Crippen LogP contribution >= 0.6 is 0 Å². The van der Waals surface area contributed by atoms with Crippen LogP contribution in [-0.4, -0.2) is 0 Å². The highest BCUT2D eigenvalue weighted by Crippen LogP contribution is 2.49. The van der Waals surface area contributed by atoms with Gasteiger partial charge in [-0.15, -0.1) is 0 Å². The van der Waals surface area contributed by atoms with Crippen molar-refractivity contribution in [1.82, 2.24) is 0 Å². The van der Waals surface area contributed by atoms with Crippen molar-refractivity contribution in [2.75, 3.05) is 0 Å². The monoisotopic (exact) mass is 174 g/mol. The van der Waals surface area contributed by atoms with Crippen molar-refractivity contribution in [2.45, 2.75) is 39.0 Å². The highest BCUT2D eigenvalue weighted by molar-refractivity contribution is 5.49. The maximum atomic E-state index is 2.41. The summed E-state index contributed by atoms with van der Waals surface area (Å²) in [6.07, 6.45) is 12.1. The largest absolute Gasteiger partial charge is 0.0584 e. The lowest BCUT2D eigenvalue weighted by Gasteiger charge is -2.43. The first-order valence-electron chi connectivity index (χ1n) is 5.78. The molecule has 3 aliphatic rings. The first-order chi connectivity index (χ1) is 6.36. The van der Waals surface area contributed by atoms with E-state index in [1.807, 2.05) is 0 Å². The molecule has 3 atom stereocenters. The van der Waals surface area contributed by atoms with Gasteiger partial charge in [-0.25, -0.2) is 0 Å². The maximum absolute atomic E-state index is 2.41. The van der Waals surface area contributed by atoms with Gasteiger partial charge in [0, 0.05) is 0 Å². The van der Waals surface area contributed by atoms with E-state index in [2.05, 4.69) is 19.1 Å². The van der Waals surface area contributed by atoms with E-state index < -0.39 is 0 Å². The van der Waals surface area contributed by atoms with Gasteiger partial charge in [0.15, 0.2) is 0 Å². The molecule has 3 rings (SSSR count). The Labute approximate surface area is 80.7 Å². The molecule has 0 aromatic carbocycles. The van der Waals surface area contributed by atoms with Gasteiger partial charge in [-0.1, -0.05) is 31.9 Å². The van der Waals surface area contributed by atoms with E-state index in [0.29, 0.717) is 0 Å². The van der Waals surface area contributed by atoms with Gasteiger partial charge in [-0.2, -0.15) is 0 Å². The zero-order chi connectivity index (χ0) is 8.84.